The first kappa shape index (κ1) is 18.5. The first-order chi connectivity index (χ1) is 8.70. The van der Waals surface area contributed by atoms with E-state index in [9.17, 15) is 9.59 Å². The minimum absolute atomic E-state index is 0.0622. The van der Waals surface area contributed by atoms with E-state index < -0.39 is 0 Å². The van der Waals surface area contributed by atoms with Gasteiger partial charge in [-0.15, -0.1) is 0 Å². The Labute approximate surface area is 126 Å². The van der Waals surface area contributed by atoms with Crippen LogP contribution in [0, 0.1) is 0 Å². The van der Waals surface area contributed by atoms with Gasteiger partial charge in [0.25, 0.3) is 0 Å². The molecule has 0 bridgehead atoms. The summed E-state index contributed by atoms with van der Waals surface area (Å²) >= 11 is 0.287. The number of carbonyl (C=O) groups excluding carboxylic acids is 2. The number of esters is 2. The van der Waals surface area contributed by atoms with Crippen LogP contribution in [0.1, 0.15) is 39.5 Å². The molecule has 0 aliphatic carbocycles. The summed E-state index contributed by atoms with van der Waals surface area (Å²) in [6.45, 7) is 4.64. The Morgan fingerprint density at radius 2 is 1.22 bits per heavy atom. The van der Waals surface area contributed by atoms with Crippen LogP contribution >= 0.6 is 0 Å². The number of rotatable bonds is 11. The Kier molecular flexibility index (Phi) is 14.3. The molecule has 106 valence electrons. The van der Waals surface area contributed by atoms with Gasteiger partial charge in [-0.2, -0.15) is 0 Å². The molecule has 0 N–H and O–H groups in total. The third-order valence-electron chi connectivity index (χ3n) is 1.91. The molecule has 0 fully saturated rings. The summed E-state index contributed by atoms with van der Waals surface area (Å²) in [5.74, 6) is -0.124. The fraction of sp³-hybridized carbons (Fsp3) is 0.833. The number of carbonyl (C=O) groups is 2. The Bertz CT molecular complexity index is 210. The molecule has 0 aliphatic heterocycles. The van der Waals surface area contributed by atoms with E-state index in [0.717, 1.165) is 12.8 Å². The summed E-state index contributed by atoms with van der Waals surface area (Å²) in [5.41, 5.74) is 0. The first-order valence-electron chi connectivity index (χ1n) is 6.26. The molecule has 0 heterocycles. The molecule has 0 spiro atoms. The number of ether oxygens (including phenoxy) is 2. The fourth-order valence-corrected chi connectivity index (χ4v) is 12.3. The zero-order valence-corrected chi connectivity index (χ0v) is 15.8. The van der Waals surface area contributed by atoms with Crippen molar-refractivity contribution >= 4 is 46.1 Å². The van der Waals surface area contributed by atoms with E-state index in [2.05, 4.69) is 0 Å². The van der Waals surface area contributed by atoms with Crippen molar-refractivity contribution in [1.29, 1.82) is 0 Å². The van der Waals surface area contributed by atoms with Gasteiger partial charge in [0.15, 0.2) is 0 Å². The van der Waals surface area contributed by atoms with Crippen LogP contribution in [-0.4, -0.2) is 59.3 Å². The van der Waals surface area contributed by atoms with E-state index in [-0.39, 0.29) is 46.1 Å². The molecule has 0 aliphatic rings. The molecule has 0 aromatic carbocycles. The van der Waals surface area contributed by atoms with Crippen molar-refractivity contribution in [1.82, 2.24) is 0 Å². The molecular weight excluding hydrogens is 463 g/mol. The van der Waals surface area contributed by atoms with Crippen LogP contribution < -0.4 is 0 Å². The molecule has 0 aromatic heterocycles. The van der Waals surface area contributed by atoms with Crippen molar-refractivity contribution < 1.29 is 19.1 Å². The normalized spacial score (nSPS) is 10.1. The van der Waals surface area contributed by atoms with E-state index in [4.69, 9.17) is 9.47 Å². The monoisotopic (exact) mass is 490 g/mol. The minimum atomic E-state index is -0.0622. The molecular formula is C12H22O4Te2. The Balaban J connectivity index is 3.16. The van der Waals surface area contributed by atoms with Crippen LogP contribution in [0.4, 0.5) is 0 Å². The van der Waals surface area contributed by atoms with Gasteiger partial charge in [0.05, 0.1) is 0 Å². The van der Waals surface area contributed by atoms with Crippen LogP contribution in [0.5, 0.6) is 0 Å². The van der Waals surface area contributed by atoms with Crippen molar-refractivity contribution in [2.75, 3.05) is 13.2 Å². The maximum atomic E-state index is 11.1. The molecule has 0 aromatic rings. The van der Waals surface area contributed by atoms with Gasteiger partial charge in [0, 0.05) is 0 Å². The van der Waals surface area contributed by atoms with Crippen molar-refractivity contribution in [2.24, 2.45) is 0 Å². The van der Waals surface area contributed by atoms with Gasteiger partial charge in [0.1, 0.15) is 0 Å². The predicted octanol–water partition coefficient (Wildman–Crippen LogP) is 1.83. The predicted molar refractivity (Wildman–Crippen MR) is 72.9 cm³/mol. The second kappa shape index (κ2) is 13.9. The van der Waals surface area contributed by atoms with Crippen LogP contribution in [0.15, 0.2) is 0 Å². The summed E-state index contributed by atoms with van der Waals surface area (Å²) in [7, 11) is 0. The Hall–Kier alpha value is 0.519. The molecule has 0 radical (unpaired) electrons. The summed E-state index contributed by atoms with van der Waals surface area (Å²) in [6.07, 6.45) is 3.14. The van der Waals surface area contributed by atoms with Crippen molar-refractivity contribution in [3.05, 3.63) is 0 Å². The Morgan fingerprint density at radius 1 is 0.833 bits per heavy atom. The molecule has 0 rings (SSSR count). The van der Waals surface area contributed by atoms with Crippen LogP contribution in [0.2, 0.25) is 8.94 Å². The summed E-state index contributed by atoms with van der Waals surface area (Å²) in [5, 5.41) is 0. The molecule has 6 heteroatoms. The standard InChI is InChI=1S/C12H22O4Te2/c1-3-15-11(13)7-5-9-17-18-10-6-8-12(14)16-4-2/h3-10H2,1-2H3. The first-order valence-corrected chi connectivity index (χ1v) is 16.9. The average Bonchev–Trinajstić information content (AvgIpc) is 2.33. The molecule has 4 nitrogen and oxygen atoms in total. The van der Waals surface area contributed by atoms with Gasteiger partial charge in [-0.1, -0.05) is 0 Å². The molecule has 0 saturated carbocycles. The topological polar surface area (TPSA) is 52.6 Å². The average molecular weight is 486 g/mol. The van der Waals surface area contributed by atoms with E-state index in [1.165, 1.54) is 8.94 Å². The van der Waals surface area contributed by atoms with E-state index in [1.807, 2.05) is 13.8 Å². The van der Waals surface area contributed by atoms with Gasteiger partial charge in [-0.05, 0) is 0 Å². The third-order valence-corrected chi connectivity index (χ3v) is 14.6. The molecule has 0 unspecified atom stereocenters. The van der Waals surface area contributed by atoms with Crippen molar-refractivity contribution in [2.45, 2.75) is 48.5 Å². The molecule has 0 saturated heterocycles. The third kappa shape index (κ3) is 13.0. The van der Waals surface area contributed by atoms with E-state index >= 15 is 0 Å². The zero-order chi connectivity index (χ0) is 13.6. The van der Waals surface area contributed by atoms with Crippen LogP contribution in [0.3, 0.4) is 0 Å². The molecule has 0 amide bonds. The summed E-state index contributed by atoms with van der Waals surface area (Å²) in [4.78, 5) is 22.1. The van der Waals surface area contributed by atoms with E-state index in [1.54, 1.807) is 0 Å². The second-order valence-electron chi connectivity index (χ2n) is 3.46. The quantitative estimate of drug-likeness (QED) is 0.255. The molecule has 18 heavy (non-hydrogen) atoms. The zero-order valence-electron chi connectivity index (χ0n) is 11.1. The SMILES string of the molecule is CCOC(=O)CCC[Te][Te]CCCC(=O)OCC. The van der Waals surface area contributed by atoms with Gasteiger partial charge in [0.2, 0.25) is 0 Å². The van der Waals surface area contributed by atoms with Crippen molar-refractivity contribution in [3.8, 4) is 0 Å². The molecule has 0 atom stereocenters. The van der Waals surface area contributed by atoms with Gasteiger partial charge in [-0.3, -0.25) is 0 Å². The number of hydrogen-bond acceptors (Lipinski definition) is 4. The van der Waals surface area contributed by atoms with Crippen LogP contribution in [-0.2, 0) is 19.1 Å². The summed E-state index contributed by atoms with van der Waals surface area (Å²) in [6, 6.07) is 0. The van der Waals surface area contributed by atoms with Gasteiger partial charge in [-0.25, -0.2) is 0 Å². The maximum absolute atomic E-state index is 11.1. The second-order valence-corrected chi connectivity index (χ2v) is 16.2. The van der Waals surface area contributed by atoms with Crippen LogP contribution in [0.25, 0.3) is 0 Å². The van der Waals surface area contributed by atoms with Gasteiger partial charge >= 0.3 is 127 Å². The van der Waals surface area contributed by atoms with Gasteiger partial charge < -0.3 is 0 Å². The number of hydrogen-bond donors (Lipinski definition) is 0. The van der Waals surface area contributed by atoms with E-state index in [0.29, 0.717) is 26.1 Å². The van der Waals surface area contributed by atoms with Crippen molar-refractivity contribution in [3.63, 3.8) is 0 Å². The fourth-order valence-electron chi connectivity index (χ4n) is 1.14. The summed E-state index contributed by atoms with van der Waals surface area (Å²) < 4.78 is 12.2. The Morgan fingerprint density at radius 3 is 1.56 bits per heavy atom.